The van der Waals surface area contributed by atoms with E-state index in [9.17, 15) is 0 Å². The largest absolute Gasteiger partial charge is 0.371 e. The van der Waals surface area contributed by atoms with Crippen molar-refractivity contribution in [2.75, 3.05) is 36.0 Å². The first-order valence-electron chi connectivity index (χ1n) is 11.2. The molecule has 0 radical (unpaired) electrons. The normalized spacial score (nSPS) is 19.3. The van der Waals surface area contributed by atoms with E-state index >= 15 is 0 Å². The number of anilines is 2. The molecule has 150 valence electrons. The lowest BCUT2D eigenvalue weighted by Gasteiger charge is -2.42. The number of nitrogens with zero attached hydrogens (tertiary/aromatic N) is 2. The molecule has 0 atom stereocenters. The molecule has 2 saturated heterocycles. The predicted octanol–water partition coefficient (Wildman–Crippen LogP) is 6.05. The summed E-state index contributed by atoms with van der Waals surface area (Å²) in [5.74, 6) is 1.83. The quantitative estimate of drug-likeness (QED) is 0.643. The van der Waals surface area contributed by atoms with Crippen LogP contribution in [0.5, 0.6) is 0 Å². The standard InChI is InChI=1S/C26H36N2/c1-19-7-5-8-20(2)25(19)27-15-11-23(12-16-27)24-13-17-28(18-14-24)26-21(3)9-6-10-22(26)4/h5-10,23-24H,11-18H2,1-4H3. The van der Waals surface area contributed by atoms with Gasteiger partial charge in [0, 0.05) is 37.6 Å². The van der Waals surface area contributed by atoms with Gasteiger partial charge >= 0.3 is 0 Å². The van der Waals surface area contributed by atoms with E-state index in [-0.39, 0.29) is 0 Å². The van der Waals surface area contributed by atoms with Crippen molar-refractivity contribution in [2.24, 2.45) is 11.8 Å². The number of para-hydroxylation sites is 2. The third kappa shape index (κ3) is 3.79. The maximum Gasteiger partial charge on any atom is 0.0425 e. The van der Waals surface area contributed by atoms with Crippen LogP contribution in [0.15, 0.2) is 36.4 Å². The summed E-state index contributed by atoms with van der Waals surface area (Å²) in [5, 5.41) is 0. The molecule has 2 heteroatoms. The fourth-order valence-corrected chi connectivity index (χ4v) is 5.80. The van der Waals surface area contributed by atoms with Gasteiger partial charge in [-0.1, -0.05) is 36.4 Å². The Labute approximate surface area is 171 Å². The molecule has 2 fully saturated rings. The maximum absolute atomic E-state index is 2.65. The molecule has 2 aliphatic heterocycles. The number of hydrogen-bond acceptors (Lipinski definition) is 2. The van der Waals surface area contributed by atoms with Crippen molar-refractivity contribution >= 4 is 11.4 Å². The molecule has 0 N–H and O–H groups in total. The molecule has 0 aliphatic carbocycles. The summed E-state index contributed by atoms with van der Waals surface area (Å²) in [6.45, 7) is 14.0. The highest BCUT2D eigenvalue weighted by atomic mass is 15.1. The molecule has 0 saturated carbocycles. The van der Waals surface area contributed by atoms with Gasteiger partial charge in [0.05, 0.1) is 0 Å². The predicted molar refractivity (Wildman–Crippen MR) is 122 cm³/mol. The lowest BCUT2D eigenvalue weighted by molar-refractivity contribution is 0.233. The average Bonchev–Trinajstić information content (AvgIpc) is 2.69. The van der Waals surface area contributed by atoms with E-state index in [0.717, 1.165) is 11.8 Å². The minimum absolute atomic E-state index is 0.917. The number of rotatable bonds is 3. The highest BCUT2D eigenvalue weighted by Crippen LogP contribution is 2.37. The summed E-state index contributed by atoms with van der Waals surface area (Å²) in [6, 6.07) is 13.4. The Bertz CT molecular complexity index is 699. The Balaban J connectivity index is 1.34. The van der Waals surface area contributed by atoms with Gasteiger partial charge in [-0.3, -0.25) is 0 Å². The first kappa shape index (κ1) is 19.4. The van der Waals surface area contributed by atoms with Crippen molar-refractivity contribution in [1.82, 2.24) is 0 Å². The van der Waals surface area contributed by atoms with Gasteiger partial charge in [-0.05, 0) is 87.5 Å². The second kappa shape index (κ2) is 8.19. The lowest BCUT2D eigenvalue weighted by atomic mass is 9.78. The second-order valence-corrected chi connectivity index (χ2v) is 9.13. The van der Waals surface area contributed by atoms with E-state index in [0.29, 0.717) is 0 Å². The molecule has 0 spiro atoms. The third-order valence-corrected chi connectivity index (χ3v) is 7.26. The molecular weight excluding hydrogens is 340 g/mol. The summed E-state index contributed by atoms with van der Waals surface area (Å²) in [4.78, 5) is 5.29. The van der Waals surface area contributed by atoms with Gasteiger partial charge in [0.25, 0.3) is 0 Å². The molecule has 2 nitrogen and oxygen atoms in total. The summed E-state index contributed by atoms with van der Waals surface area (Å²) < 4.78 is 0. The van der Waals surface area contributed by atoms with Crippen LogP contribution in [0.4, 0.5) is 11.4 Å². The zero-order chi connectivity index (χ0) is 19.7. The van der Waals surface area contributed by atoms with Gasteiger partial charge in [-0.15, -0.1) is 0 Å². The van der Waals surface area contributed by atoms with Crippen LogP contribution < -0.4 is 9.80 Å². The molecule has 28 heavy (non-hydrogen) atoms. The van der Waals surface area contributed by atoms with Crippen molar-refractivity contribution < 1.29 is 0 Å². The Kier molecular flexibility index (Phi) is 5.66. The molecule has 2 heterocycles. The van der Waals surface area contributed by atoms with E-state index in [1.165, 1.54) is 85.5 Å². The minimum Gasteiger partial charge on any atom is -0.371 e. The van der Waals surface area contributed by atoms with E-state index in [4.69, 9.17) is 0 Å². The van der Waals surface area contributed by atoms with Crippen LogP contribution in [0.1, 0.15) is 47.9 Å². The average molecular weight is 377 g/mol. The Morgan fingerprint density at radius 3 is 1.11 bits per heavy atom. The molecule has 0 aromatic heterocycles. The second-order valence-electron chi connectivity index (χ2n) is 9.13. The van der Waals surface area contributed by atoms with Gasteiger partial charge in [0.2, 0.25) is 0 Å². The number of piperidine rings is 2. The maximum atomic E-state index is 2.65. The smallest absolute Gasteiger partial charge is 0.0425 e. The molecule has 2 aromatic carbocycles. The molecule has 0 unspecified atom stereocenters. The van der Waals surface area contributed by atoms with Crippen LogP contribution in [0.25, 0.3) is 0 Å². The number of aryl methyl sites for hydroxylation is 4. The van der Waals surface area contributed by atoms with E-state index < -0.39 is 0 Å². The first-order valence-corrected chi connectivity index (χ1v) is 11.2. The van der Waals surface area contributed by atoms with Crippen LogP contribution in [0, 0.1) is 39.5 Å². The van der Waals surface area contributed by atoms with Gasteiger partial charge in [0.15, 0.2) is 0 Å². The summed E-state index contributed by atoms with van der Waals surface area (Å²) in [7, 11) is 0. The van der Waals surface area contributed by atoms with Gasteiger partial charge in [0.1, 0.15) is 0 Å². The molecule has 2 aliphatic rings. The Hall–Kier alpha value is -1.96. The Morgan fingerprint density at radius 1 is 0.536 bits per heavy atom. The molecular formula is C26H36N2. The van der Waals surface area contributed by atoms with Gasteiger partial charge in [-0.2, -0.15) is 0 Å². The summed E-state index contributed by atoms with van der Waals surface area (Å²) in [5.41, 5.74) is 8.71. The van der Waals surface area contributed by atoms with E-state index in [2.05, 4.69) is 73.9 Å². The minimum atomic E-state index is 0.917. The summed E-state index contributed by atoms with van der Waals surface area (Å²) >= 11 is 0. The summed E-state index contributed by atoms with van der Waals surface area (Å²) in [6.07, 6.45) is 5.45. The van der Waals surface area contributed by atoms with Crippen LogP contribution in [-0.4, -0.2) is 26.2 Å². The SMILES string of the molecule is Cc1cccc(C)c1N1CCC(C2CCN(c3c(C)cccc3C)CC2)CC1. The van der Waals surface area contributed by atoms with Crippen LogP contribution in [0.2, 0.25) is 0 Å². The van der Waals surface area contributed by atoms with Crippen LogP contribution >= 0.6 is 0 Å². The monoisotopic (exact) mass is 376 g/mol. The number of hydrogen-bond donors (Lipinski definition) is 0. The van der Waals surface area contributed by atoms with E-state index in [1.54, 1.807) is 0 Å². The van der Waals surface area contributed by atoms with Crippen molar-refractivity contribution in [3.05, 3.63) is 58.7 Å². The highest BCUT2D eigenvalue weighted by molar-refractivity contribution is 5.60. The number of benzene rings is 2. The molecule has 2 aromatic rings. The highest BCUT2D eigenvalue weighted by Gasteiger charge is 2.30. The van der Waals surface area contributed by atoms with Crippen molar-refractivity contribution in [3.8, 4) is 0 Å². The Morgan fingerprint density at radius 2 is 0.821 bits per heavy atom. The van der Waals surface area contributed by atoms with Crippen molar-refractivity contribution in [3.63, 3.8) is 0 Å². The van der Waals surface area contributed by atoms with Crippen LogP contribution in [0.3, 0.4) is 0 Å². The first-order chi connectivity index (χ1) is 13.5. The van der Waals surface area contributed by atoms with Gasteiger partial charge in [-0.25, -0.2) is 0 Å². The molecule has 0 amide bonds. The van der Waals surface area contributed by atoms with Crippen molar-refractivity contribution in [2.45, 2.75) is 53.4 Å². The molecule has 0 bridgehead atoms. The fraction of sp³-hybridized carbons (Fsp3) is 0.538. The third-order valence-electron chi connectivity index (χ3n) is 7.26. The molecule has 4 rings (SSSR count). The zero-order valence-corrected chi connectivity index (χ0v) is 18.2. The zero-order valence-electron chi connectivity index (χ0n) is 18.2. The topological polar surface area (TPSA) is 6.48 Å². The lowest BCUT2D eigenvalue weighted by Crippen LogP contribution is -2.41. The fourth-order valence-electron chi connectivity index (χ4n) is 5.80. The van der Waals surface area contributed by atoms with Crippen LogP contribution in [-0.2, 0) is 0 Å². The van der Waals surface area contributed by atoms with E-state index in [1.807, 2.05) is 0 Å². The van der Waals surface area contributed by atoms with Gasteiger partial charge < -0.3 is 9.80 Å². The van der Waals surface area contributed by atoms with Crippen molar-refractivity contribution in [1.29, 1.82) is 0 Å².